The van der Waals surface area contributed by atoms with Crippen molar-refractivity contribution in [3.05, 3.63) is 28.2 Å². The van der Waals surface area contributed by atoms with Crippen molar-refractivity contribution in [3.8, 4) is 5.75 Å². The van der Waals surface area contributed by atoms with Crippen molar-refractivity contribution in [3.63, 3.8) is 0 Å². The zero-order chi connectivity index (χ0) is 16.4. The van der Waals surface area contributed by atoms with E-state index in [1.165, 1.54) is 18.9 Å². The summed E-state index contributed by atoms with van der Waals surface area (Å²) in [6.45, 7) is -0.237. The highest BCUT2D eigenvalue weighted by Gasteiger charge is 2.54. The predicted molar refractivity (Wildman–Crippen MR) is 87.2 cm³/mol. The Morgan fingerprint density at radius 1 is 1.13 bits per heavy atom. The van der Waals surface area contributed by atoms with Gasteiger partial charge >= 0.3 is 0 Å². The number of hydrogen-bond donors (Lipinski definition) is 2. The van der Waals surface area contributed by atoms with Gasteiger partial charge in [0.25, 0.3) is 5.91 Å². The van der Waals surface area contributed by atoms with Gasteiger partial charge in [0, 0.05) is 10.9 Å². The van der Waals surface area contributed by atoms with E-state index in [0.29, 0.717) is 27.6 Å². The molecule has 0 spiro atoms. The van der Waals surface area contributed by atoms with Crippen molar-refractivity contribution in [2.24, 2.45) is 17.8 Å². The van der Waals surface area contributed by atoms with Crippen LogP contribution in [-0.4, -0.2) is 18.4 Å². The maximum Gasteiger partial charge on any atom is 0.276 e. The van der Waals surface area contributed by atoms with E-state index in [4.69, 9.17) is 27.9 Å². The number of halogens is 2. The van der Waals surface area contributed by atoms with Crippen molar-refractivity contribution < 1.29 is 14.3 Å². The molecule has 0 aromatic heterocycles. The van der Waals surface area contributed by atoms with Gasteiger partial charge in [-0.1, -0.05) is 36.0 Å². The Hall–Kier alpha value is -1.46. The molecule has 2 aliphatic rings. The smallest absolute Gasteiger partial charge is 0.276 e. The summed E-state index contributed by atoms with van der Waals surface area (Å²) >= 11 is 11.7. The van der Waals surface area contributed by atoms with Crippen LogP contribution in [0.25, 0.3) is 0 Å². The van der Waals surface area contributed by atoms with Crippen LogP contribution in [0.15, 0.2) is 18.2 Å². The summed E-state index contributed by atoms with van der Waals surface area (Å²) in [4.78, 5) is 23.8. The molecule has 0 aliphatic heterocycles. The first-order chi connectivity index (χ1) is 11.1. The predicted octanol–water partition coefficient (Wildman–Crippen LogP) is 2.96. The maximum absolute atomic E-state index is 12.0. The van der Waals surface area contributed by atoms with Crippen molar-refractivity contribution in [1.29, 1.82) is 0 Å². The fraction of sp³-hybridized carbons (Fsp3) is 0.500. The van der Waals surface area contributed by atoms with Crippen LogP contribution in [0.3, 0.4) is 0 Å². The van der Waals surface area contributed by atoms with Gasteiger partial charge in [0.15, 0.2) is 6.61 Å². The van der Waals surface area contributed by atoms with E-state index in [1.807, 2.05) is 0 Å². The molecule has 5 nitrogen and oxygen atoms in total. The lowest BCUT2D eigenvalue weighted by Crippen LogP contribution is -2.44. The second-order valence-electron chi connectivity index (χ2n) is 6.04. The molecule has 7 heteroatoms. The molecule has 0 radical (unpaired) electrons. The first-order valence-electron chi connectivity index (χ1n) is 7.73. The van der Waals surface area contributed by atoms with E-state index in [9.17, 15) is 9.59 Å². The molecule has 0 bridgehead atoms. The Kier molecular flexibility index (Phi) is 4.97. The van der Waals surface area contributed by atoms with E-state index >= 15 is 0 Å². The molecule has 2 fully saturated rings. The summed E-state index contributed by atoms with van der Waals surface area (Å²) in [7, 11) is 0. The zero-order valence-corrected chi connectivity index (χ0v) is 14.0. The van der Waals surface area contributed by atoms with E-state index in [2.05, 4.69) is 10.9 Å². The lowest BCUT2D eigenvalue weighted by atomic mass is 10.0. The van der Waals surface area contributed by atoms with Gasteiger partial charge < -0.3 is 4.74 Å². The maximum atomic E-state index is 12.0. The number of carbonyl (C=O) groups is 2. The number of ether oxygens (including phenoxy) is 1. The number of amides is 2. The van der Waals surface area contributed by atoms with Crippen LogP contribution >= 0.6 is 23.2 Å². The van der Waals surface area contributed by atoms with Gasteiger partial charge in [-0.3, -0.25) is 20.4 Å². The van der Waals surface area contributed by atoms with Crippen molar-refractivity contribution >= 4 is 35.0 Å². The van der Waals surface area contributed by atoms with Gasteiger partial charge in [0.2, 0.25) is 5.91 Å². The Morgan fingerprint density at radius 3 is 2.48 bits per heavy atom. The molecule has 2 atom stereocenters. The third-order valence-electron chi connectivity index (χ3n) is 4.54. The average Bonchev–Trinajstić information content (AvgIpc) is 3.26. The number of carbonyl (C=O) groups excluding carboxylic acids is 2. The molecule has 23 heavy (non-hydrogen) atoms. The van der Waals surface area contributed by atoms with Gasteiger partial charge in [-0.25, -0.2) is 0 Å². The third-order valence-corrected chi connectivity index (χ3v) is 5.07. The number of hydrogen-bond acceptors (Lipinski definition) is 3. The van der Waals surface area contributed by atoms with Crippen molar-refractivity contribution in [2.75, 3.05) is 6.61 Å². The molecule has 3 rings (SSSR count). The Labute approximate surface area is 144 Å². The Balaban J connectivity index is 1.40. The highest BCUT2D eigenvalue weighted by molar-refractivity contribution is 6.35. The summed E-state index contributed by atoms with van der Waals surface area (Å²) in [6, 6.07) is 4.75. The highest BCUT2D eigenvalue weighted by atomic mass is 35.5. The van der Waals surface area contributed by atoms with Gasteiger partial charge in [-0.2, -0.15) is 0 Å². The largest absolute Gasteiger partial charge is 0.482 e. The molecule has 2 unspecified atom stereocenters. The second-order valence-corrected chi connectivity index (χ2v) is 6.88. The van der Waals surface area contributed by atoms with Gasteiger partial charge in [0.1, 0.15) is 5.75 Å². The molecule has 2 saturated carbocycles. The minimum Gasteiger partial charge on any atom is -0.482 e. The first kappa shape index (κ1) is 16.4. The molecule has 0 heterocycles. The molecule has 2 N–H and O–H groups in total. The van der Waals surface area contributed by atoms with Crippen molar-refractivity contribution in [1.82, 2.24) is 10.9 Å². The summed E-state index contributed by atoms with van der Waals surface area (Å²) in [5, 5.41) is 0.821. The first-order valence-corrected chi connectivity index (χ1v) is 8.48. The SMILES string of the molecule is O=C(COc1ccc(Cl)cc1Cl)NNC(=O)C1C2CCCCC21. The topological polar surface area (TPSA) is 67.4 Å². The molecule has 2 amide bonds. The summed E-state index contributed by atoms with van der Waals surface area (Å²) in [6.07, 6.45) is 4.64. The van der Waals surface area contributed by atoms with Crippen LogP contribution in [0.1, 0.15) is 25.7 Å². The van der Waals surface area contributed by atoms with Crippen molar-refractivity contribution in [2.45, 2.75) is 25.7 Å². The van der Waals surface area contributed by atoms with Crippen LogP contribution in [0, 0.1) is 17.8 Å². The Morgan fingerprint density at radius 2 is 1.83 bits per heavy atom. The molecule has 1 aromatic rings. The van der Waals surface area contributed by atoms with Crippen LogP contribution in [-0.2, 0) is 9.59 Å². The van der Waals surface area contributed by atoms with Crippen LogP contribution in [0.5, 0.6) is 5.75 Å². The number of fused-ring (bicyclic) bond motifs is 1. The summed E-state index contributed by atoms with van der Waals surface area (Å²) < 4.78 is 5.30. The van der Waals surface area contributed by atoms with Crippen LogP contribution < -0.4 is 15.6 Å². The highest BCUT2D eigenvalue weighted by Crippen LogP contribution is 2.55. The molecular formula is C16H18Cl2N2O3. The fourth-order valence-corrected chi connectivity index (χ4v) is 3.83. The lowest BCUT2D eigenvalue weighted by Gasteiger charge is -2.10. The van der Waals surface area contributed by atoms with Gasteiger partial charge in [-0.05, 0) is 42.9 Å². The van der Waals surface area contributed by atoms with Crippen LogP contribution in [0.2, 0.25) is 10.0 Å². The molecule has 1 aromatic carbocycles. The fourth-order valence-electron chi connectivity index (χ4n) is 3.37. The summed E-state index contributed by atoms with van der Waals surface area (Å²) in [5.41, 5.74) is 4.87. The monoisotopic (exact) mass is 356 g/mol. The van der Waals surface area contributed by atoms with E-state index in [0.717, 1.165) is 12.8 Å². The third kappa shape index (κ3) is 3.90. The number of hydrazine groups is 1. The Bertz CT molecular complexity index is 611. The van der Waals surface area contributed by atoms with E-state index in [-0.39, 0.29) is 18.4 Å². The zero-order valence-electron chi connectivity index (χ0n) is 12.5. The number of rotatable bonds is 4. The van der Waals surface area contributed by atoms with Gasteiger partial charge in [-0.15, -0.1) is 0 Å². The van der Waals surface area contributed by atoms with E-state index < -0.39 is 5.91 Å². The normalized spacial score (nSPS) is 25.2. The second kappa shape index (κ2) is 6.97. The minimum absolute atomic E-state index is 0.0597. The molecular weight excluding hydrogens is 339 g/mol. The number of nitrogens with one attached hydrogen (secondary N) is 2. The quantitative estimate of drug-likeness (QED) is 0.815. The minimum atomic E-state index is -0.437. The van der Waals surface area contributed by atoms with Gasteiger partial charge in [0.05, 0.1) is 5.02 Å². The van der Waals surface area contributed by atoms with Crippen LogP contribution in [0.4, 0.5) is 0 Å². The lowest BCUT2D eigenvalue weighted by molar-refractivity contribution is -0.130. The molecule has 0 saturated heterocycles. The average molecular weight is 357 g/mol. The molecule has 124 valence electrons. The number of benzene rings is 1. The summed E-state index contributed by atoms with van der Waals surface area (Å²) in [5.74, 6) is 0.900. The molecule has 2 aliphatic carbocycles. The standard InChI is InChI=1S/C16H18Cl2N2O3/c17-9-5-6-13(12(18)7-9)23-8-14(21)19-20-16(22)15-10-3-1-2-4-11(10)15/h5-7,10-11,15H,1-4,8H2,(H,19,21)(H,20,22). The van der Waals surface area contributed by atoms with E-state index in [1.54, 1.807) is 12.1 Å².